The largest absolute Gasteiger partial charge is 0.445 e. The normalized spacial score (nSPS) is 14.1. The highest BCUT2D eigenvalue weighted by Gasteiger charge is 2.37. The molecule has 4 unspecified atom stereocenters. The van der Waals surface area contributed by atoms with Gasteiger partial charge in [0.15, 0.2) is 0 Å². The van der Waals surface area contributed by atoms with Crippen molar-refractivity contribution in [2.45, 2.75) is 97.3 Å². The molecule has 0 aliphatic heterocycles. The second-order valence-corrected chi connectivity index (χ2v) is 13.4. The summed E-state index contributed by atoms with van der Waals surface area (Å²) in [6.07, 6.45) is -0.385. The van der Waals surface area contributed by atoms with E-state index in [1.807, 2.05) is 112 Å². The lowest BCUT2D eigenvalue weighted by molar-refractivity contribution is -0.134. The minimum Gasteiger partial charge on any atom is -0.445 e. The van der Waals surface area contributed by atoms with Gasteiger partial charge in [0.05, 0.1) is 12.1 Å². The first-order valence-corrected chi connectivity index (χ1v) is 17.8. The SMILES string of the molecule is CCCCNC(C(=O)N[C@@H](C(=O)NCc1ccccc1)C(C)C)C(O)C(Cc1ccccc1)NC(=O)C(NC(=O)OCc1ccccc1)C(C)C. The Balaban J connectivity index is 1.81. The molecule has 0 spiro atoms. The molecule has 6 N–H and O–H groups in total. The first kappa shape index (κ1) is 40.7. The van der Waals surface area contributed by atoms with Gasteiger partial charge in [0.25, 0.3) is 0 Å². The maximum absolute atomic E-state index is 14.0. The van der Waals surface area contributed by atoms with E-state index in [1.54, 1.807) is 13.8 Å². The second-order valence-electron chi connectivity index (χ2n) is 13.4. The number of hydrogen-bond donors (Lipinski definition) is 6. The van der Waals surface area contributed by atoms with Gasteiger partial charge in [-0.15, -0.1) is 0 Å². The maximum atomic E-state index is 14.0. The summed E-state index contributed by atoms with van der Waals surface area (Å²) in [5.41, 5.74) is 2.55. The van der Waals surface area contributed by atoms with Gasteiger partial charge in [-0.1, -0.05) is 132 Å². The summed E-state index contributed by atoms with van der Waals surface area (Å²) in [5.74, 6) is -2.02. The summed E-state index contributed by atoms with van der Waals surface area (Å²) in [7, 11) is 0. The Kier molecular flexibility index (Phi) is 17.1. The lowest BCUT2D eigenvalue weighted by Gasteiger charge is -2.33. The van der Waals surface area contributed by atoms with Crippen molar-refractivity contribution < 1.29 is 29.0 Å². The molecule has 3 aromatic rings. The van der Waals surface area contributed by atoms with Gasteiger partial charge in [0.1, 0.15) is 24.7 Å². The van der Waals surface area contributed by atoms with Crippen molar-refractivity contribution in [1.29, 1.82) is 0 Å². The number of amides is 4. The Morgan fingerprint density at radius 1 is 0.647 bits per heavy atom. The van der Waals surface area contributed by atoms with Crippen LogP contribution >= 0.6 is 0 Å². The molecule has 276 valence electrons. The maximum Gasteiger partial charge on any atom is 0.408 e. The summed E-state index contributed by atoms with van der Waals surface area (Å²) in [4.78, 5) is 53.9. The van der Waals surface area contributed by atoms with Crippen LogP contribution in [0.4, 0.5) is 4.79 Å². The molecule has 3 rings (SSSR count). The highest BCUT2D eigenvalue weighted by molar-refractivity contribution is 5.90. The fraction of sp³-hybridized carbons (Fsp3) is 0.450. The van der Waals surface area contributed by atoms with Gasteiger partial charge < -0.3 is 36.4 Å². The number of nitrogens with one attached hydrogen (secondary N) is 5. The van der Waals surface area contributed by atoms with Crippen molar-refractivity contribution in [3.05, 3.63) is 108 Å². The van der Waals surface area contributed by atoms with Crippen LogP contribution in [0.2, 0.25) is 0 Å². The van der Waals surface area contributed by atoms with Gasteiger partial charge in [0, 0.05) is 6.54 Å². The number of alkyl carbamates (subject to hydrolysis) is 1. The smallest absolute Gasteiger partial charge is 0.408 e. The molecule has 4 amide bonds. The molecule has 0 bridgehead atoms. The van der Waals surface area contributed by atoms with Gasteiger partial charge in [-0.3, -0.25) is 14.4 Å². The van der Waals surface area contributed by atoms with Crippen LogP contribution in [0.5, 0.6) is 0 Å². The van der Waals surface area contributed by atoms with Gasteiger partial charge >= 0.3 is 6.09 Å². The summed E-state index contributed by atoms with van der Waals surface area (Å²) in [6, 6.07) is 24.0. The number of hydrogen-bond acceptors (Lipinski definition) is 7. The van der Waals surface area contributed by atoms with Crippen LogP contribution in [-0.4, -0.2) is 65.7 Å². The van der Waals surface area contributed by atoms with E-state index in [9.17, 15) is 24.3 Å². The number of aliphatic hydroxyl groups is 1. The van der Waals surface area contributed by atoms with Crippen molar-refractivity contribution in [3.63, 3.8) is 0 Å². The van der Waals surface area contributed by atoms with E-state index in [4.69, 9.17) is 4.74 Å². The minimum absolute atomic E-state index is 0.0380. The van der Waals surface area contributed by atoms with Crippen LogP contribution in [0.15, 0.2) is 91.0 Å². The predicted octanol–water partition coefficient (Wildman–Crippen LogP) is 4.24. The molecule has 0 saturated carbocycles. The topological polar surface area (TPSA) is 158 Å². The second kappa shape index (κ2) is 21.5. The molecule has 5 atom stereocenters. The Bertz CT molecular complexity index is 1490. The summed E-state index contributed by atoms with van der Waals surface area (Å²) >= 11 is 0. The van der Waals surface area contributed by atoms with Crippen molar-refractivity contribution in [2.24, 2.45) is 11.8 Å². The number of benzene rings is 3. The number of carbonyl (C=O) groups is 4. The van der Waals surface area contributed by atoms with Gasteiger partial charge in [0.2, 0.25) is 17.7 Å². The van der Waals surface area contributed by atoms with E-state index in [0.29, 0.717) is 13.1 Å². The Morgan fingerprint density at radius 2 is 1.16 bits per heavy atom. The van der Waals surface area contributed by atoms with Gasteiger partial charge in [-0.25, -0.2) is 4.79 Å². The number of ether oxygens (including phenoxy) is 1. The van der Waals surface area contributed by atoms with Crippen LogP contribution in [-0.2, 0) is 38.7 Å². The van der Waals surface area contributed by atoms with Crippen molar-refractivity contribution >= 4 is 23.8 Å². The quantitative estimate of drug-likeness (QED) is 0.0963. The standard InChI is InChI=1S/C40H55N5O6/c1-6-7-23-41-35(39(49)44-33(27(2)3)37(47)42-25-30-19-13-9-14-20-30)36(46)32(24-29-17-11-8-12-18-29)43-38(48)34(28(4)5)45-40(50)51-26-31-21-15-10-16-22-31/h8-22,27-28,32-36,41,46H,6-7,23-26H2,1-5H3,(H,42,47)(H,43,48)(H,44,49)(H,45,50)/t32?,33-,34?,35?,36?/m1/s1. The molecule has 3 aromatic carbocycles. The predicted molar refractivity (Wildman–Crippen MR) is 198 cm³/mol. The molecular weight excluding hydrogens is 646 g/mol. The lowest BCUT2D eigenvalue weighted by Crippen LogP contribution is -2.63. The molecule has 0 heterocycles. The molecule has 0 aromatic heterocycles. The third-order valence-corrected chi connectivity index (χ3v) is 8.55. The Labute approximate surface area is 302 Å². The van der Waals surface area contributed by atoms with Crippen molar-refractivity contribution in [2.75, 3.05) is 6.54 Å². The molecular formula is C40H55N5O6. The zero-order valence-electron chi connectivity index (χ0n) is 30.4. The number of aliphatic hydroxyl groups excluding tert-OH is 1. The molecule has 51 heavy (non-hydrogen) atoms. The fourth-order valence-electron chi connectivity index (χ4n) is 5.53. The van der Waals surface area contributed by atoms with E-state index >= 15 is 0 Å². The molecule has 0 saturated heterocycles. The van der Waals surface area contributed by atoms with E-state index in [-0.39, 0.29) is 30.8 Å². The van der Waals surface area contributed by atoms with Gasteiger partial charge in [-0.2, -0.15) is 0 Å². The summed E-state index contributed by atoms with van der Waals surface area (Å²) < 4.78 is 5.37. The van der Waals surface area contributed by atoms with Gasteiger partial charge in [-0.05, 0) is 47.9 Å². The molecule has 0 aliphatic rings. The number of rotatable bonds is 20. The highest BCUT2D eigenvalue weighted by Crippen LogP contribution is 2.14. The molecule has 11 nitrogen and oxygen atoms in total. The van der Waals surface area contributed by atoms with Crippen molar-refractivity contribution in [1.82, 2.24) is 26.6 Å². The minimum atomic E-state index is -1.41. The number of unbranched alkanes of at least 4 members (excludes halogenated alkanes) is 1. The first-order valence-electron chi connectivity index (χ1n) is 17.8. The summed E-state index contributed by atoms with van der Waals surface area (Å²) in [6.45, 7) is 10.0. The third kappa shape index (κ3) is 13.8. The Hall–Kier alpha value is -4.74. The van der Waals surface area contributed by atoms with E-state index < -0.39 is 48.2 Å². The van der Waals surface area contributed by atoms with E-state index in [2.05, 4.69) is 26.6 Å². The first-order chi connectivity index (χ1) is 24.5. The lowest BCUT2D eigenvalue weighted by atomic mass is 9.93. The van der Waals surface area contributed by atoms with Crippen LogP contribution in [0.25, 0.3) is 0 Å². The summed E-state index contributed by atoms with van der Waals surface area (Å²) in [5, 5.41) is 26.5. The van der Waals surface area contributed by atoms with E-state index in [1.165, 1.54) is 0 Å². The Morgan fingerprint density at radius 3 is 1.71 bits per heavy atom. The molecule has 11 heteroatoms. The van der Waals surface area contributed by atoms with E-state index in [0.717, 1.165) is 29.5 Å². The molecule has 0 radical (unpaired) electrons. The average Bonchev–Trinajstić information content (AvgIpc) is 3.13. The van der Waals surface area contributed by atoms with Crippen molar-refractivity contribution in [3.8, 4) is 0 Å². The zero-order chi connectivity index (χ0) is 37.2. The average molecular weight is 702 g/mol. The zero-order valence-corrected chi connectivity index (χ0v) is 30.4. The molecule has 0 fully saturated rings. The third-order valence-electron chi connectivity index (χ3n) is 8.55. The van der Waals surface area contributed by atoms with Crippen LogP contribution in [0, 0.1) is 11.8 Å². The highest BCUT2D eigenvalue weighted by atomic mass is 16.5. The van der Waals surface area contributed by atoms with Crippen LogP contribution in [0.3, 0.4) is 0 Å². The monoisotopic (exact) mass is 701 g/mol. The fourth-order valence-corrected chi connectivity index (χ4v) is 5.53. The number of carbonyl (C=O) groups excluding carboxylic acids is 4. The van der Waals surface area contributed by atoms with Crippen LogP contribution in [0.1, 0.15) is 64.2 Å². The van der Waals surface area contributed by atoms with Crippen LogP contribution < -0.4 is 26.6 Å². The molecule has 0 aliphatic carbocycles.